The Hall–Kier alpha value is -1.55. The minimum atomic E-state index is -0.400. The fourth-order valence-corrected chi connectivity index (χ4v) is 1.27. The Morgan fingerprint density at radius 3 is 2.67 bits per heavy atom. The molecule has 4 nitrogen and oxygen atoms in total. The number of benzene rings is 1. The predicted molar refractivity (Wildman–Crippen MR) is 62.0 cm³/mol. The first-order valence-corrected chi connectivity index (χ1v) is 4.88. The van der Waals surface area contributed by atoms with Crippen LogP contribution in [0.2, 0.25) is 0 Å². The highest BCUT2D eigenvalue weighted by Gasteiger charge is 2.05. The predicted octanol–water partition coefficient (Wildman–Crippen LogP) is 0.759. The molecule has 82 valence electrons. The second kappa shape index (κ2) is 5.36. The highest BCUT2D eigenvalue weighted by atomic mass is 16.1. The molecule has 1 aromatic carbocycles. The van der Waals surface area contributed by atoms with Gasteiger partial charge in [0.1, 0.15) is 0 Å². The first-order chi connectivity index (χ1) is 7.11. The van der Waals surface area contributed by atoms with E-state index in [1.165, 1.54) is 0 Å². The van der Waals surface area contributed by atoms with Gasteiger partial charge in [-0.2, -0.15) is 0 Å². The van der Waals surface area contributed by atoms with Crippen molar-refractivity contribution in [3.63, 3.8) is 0 Å². The lowest BCUT2D eigenvalue weighted by Gasteiger charge is -2.13. The van der Waals surface area contributed by atoms with Gasteiger partial charge in [0.05, 0.1) is 5.56 Å². The van der Waals surface area contributed by atoms with Crippen LogP contribution in [0.3, 0.4) is 0 Å². The lowest BCUT2D eigenvalue weighted by molar-refractivity contribution is 0.100. The molecule has 0 atom stereocenters. The van der Waals surface area contributed by atoms with E-state index in [0.29, 0.717) is 5.56 Å². The van der Waals surface area contributed by atoms with Gasteiger partial charge >= 0.3 is 0 Å². The van der Waals surface area contributed by atoms with E-state index in [9.17, 15) is 4.79 Å². The summed E-state index contributed by atoms with van der Waals surface area (Å²) in [5.41, 5.74) is 6.59. The molecule has 0 aromatic heterocycles. The minimum Gasteiger partial charge on any atom is -0.383 e. The highest BCUT2D eigenvalue weighted by molar-refractivity contribution is 5.98. The first-order valence-electron chi connectivity index (χ1n) is 4.88. The fraction of sp³-hybridized carbons (Fsp3) is 0.364. The molecule has 0 fully saturated rings. The second-order valence-corrected chi connectivity index (χ2v) is 3.64. The Balaban J connectivity index is 2.63. The van der Waals surface area contributed by atoms with Crippen LogP contribution in [0.15, 0.2) is 24.3 Å². The van der Waals surface area contributed by atoms with Crippen molar-refractivity contribution in [3.8, 4) is 0 Å². The van der Waals surface area contributed by atoms with Crippen molar-refractivity contribution >= 4 is 11.6 Å². The maximum Gasteiger partial charge on any atom is 0.250 e. The maximum atomic E-state index is 11.1. The normalized spacial score (nSPS) is 10.3. The number of hydrogen-bond acceptors (Lipinski definition) is 3. The van der Waals surface area contributed by atoms with Crippen LogP contribution < -0.4 is 11.1 Å². The third kappa shape index (κ3) is 3.59. The summed E-state index contributed by atoms with van der Waals surface area (Å²) >= 11 is 0. The summed E-state index contributed by atoms with van der Waals surface area (Å²) in [5, 5.41) is 3.18. The molecule has 0 bridgehead atoms. The number of carbonyl (C=O) groups excluding carboxylic acids is 1. The maximum absolute atomic E-state index is 11.1. The van der Waals surface area contributed by atoms with E-state index in [4.69, 9.17) is 5.73 Å². The van der Waals surface area contributed by atoms with Crippen molar-refractivity contribution in [3.05, 3.63) is 29.8 Å². The van der Waals surface area contributed by atoms with Gasteiger partial charge in [-0.25, -0.2) is 0 Å². The number of amides is 1. The van der Waals surface area contributed by atoms with Crippen LogP contribution in [0.5, 0.6) is 0 Å². The van der Waals surface area contributed by atoms with Crippen molar-refractivity contribution in [1.82, 2.24) is 4.90 Å². The molecule has 0 aliphatic carbocycles. The van der Waals surface area contributed by atoms with Gasteiger partial charge in [0.2, 0.25) is 0 Å². The van der Waals surface area contributed by atoms with E-state index in [1.807, 2.05) is 26.2 Å². The van der Waals surface area contributed by atoms with Crippen molar-refractivity contribution in [1.29, 1.82) is 0 Å². The van der Waals surface area contributed by atoms with Crippen molar-refractivity contribution in [2.75, 3.05) is 32.5 Å². The van der Waals surface area contributed by atoms with Crippen molar-refractivity contribution < 1.29 is 4.79 Å². The van der Waals surface area contributed by atoms with E-state index < -0.39 is 5.91 Å². The second-order valence-electron chi connectivity index (χ2n) is 3.64. The number of para-hydroxylation sites is 1. The molecular formula is C11H17N3O. The van der Waals surface area contributed by atoms with E-state index >= 15 is 0 Å². The number of anilines is 1. The SMILES string of the molecule is CN(C)CCNc1ccccc1C(N)=O. The molecule has 0 saturated heterocycles. The number of hydrogen-bond donors (Lipinski definition) is 2. The number of nitrogens with one attached hydrogen (secondary N) is 1. The molecule has 0 unspecified atom stereocenters. The molecule has 15 heavy (non-hydrogen) atoms. The minimum absolute atomic E-state index is 0.400. The molecule has 4 heteroatoms. The molecule has 1 amide bonds. The Morgan fingerprint density at radius 1 is 1.40 bits per heavy atom. The van der Waals surface area contributed by atoms with E-state index in [0.717, 1.165) is 18.8 Å². The van der Waals surface area contributed by atoms with Crippen LogP contribution in [-0.2, 0) is 0 Å². The molecule has 0 saturated carbocycles. The number of nitrogens with zero attached hydrogens (tertiary/aromatic N) is 1. The Kier molecular flexibility index (Phi) is 4.12. The number of nitrogens with two attached hydrogens (primary N) is 1. The van der Waals surface area contributed by atoms with Gasteiger partial charge < -0.3 is 16.0 Å². The zero-order valence-corrected chi connectivity index (χ0v) is 9.16. The van der Waals surface area contributed by atoms with Crippen LogP contribution in [0.4, 0.5) is 5.69 Å². The molecule has 0 spiro atoms. The van der Waals surface area contributed by atoms with Crippen LogP contribution in [0.1, 0.15) is 10.4 Å². The molecular weight excluding hydrogens is 190 g/mol. The smallest absolute Gasteiger partial charge is 0.250 e. The third-order valence-electron chi connectivity index (χ3n) is 2.07. The molecule has 3 N–H and O–H groups in total. The summed E-state index contributed by atoms with van der Waals surface area (Å²) in [6, 6.07) is 7.26. The summed E-state index contributed by atoms with van der Waals surface area (Å²) < 4.78 is 0. The average Bonchev–Trinajstić information content (AvgIpc) is 2.17. The molecule has 1 aromatic rings. The van der Waals surface area contributed by atoms with Gasteiger partial charge in [0.15, 0.2) is 0 Å². The summed E-state index contributed by atoms with van der Waals surface area (Å²) in [4.78, 5) is 13.2. The molecule has 1 rings (SSSR count). The molecule has 0 aliphatic heterocycles. The van der Waals surface area contributed by atoms with E-state index in [-0.39, 0.29) is 0 Å². The van der Waals surface area contributed by atoms with Crippen LogP contribution >= 0.6 is 0 Å². The molecule has 0 radical (unpaired) electrons. The Labute approximate surface area is 90.1 Å². The average molecular weight is 207 g/mol. The zero-order valence-electron chi connectivity index (χ0n) is 9.16. The lowest BCUT2D eigenvalue weighted by Crippen LogP contribution is -2.22. The van der Waals surface area contributed by atoms with Crippen LogP contribution in [-0.4, -0.2) is 38.0 Å². The summed E-state index contributed by atoms with van der Waals surface area (Å²) in [6.07, 6.45) is 0. The quantitative estimate of drug-likeness (QED) is 0.749. The monoisotopic (exact) mass is 207 g/mol. The Bertz CT molecular complexity index is 336. The highest BCUT2D eigenvalue weighted by Crippen LogP contribution is 2.13. The van der Waals surface area contributed by atoms with Crippen molar-refractivity contribution in [2.45, 2.75) is 0 Å². The number of likely N-dealkylation sites (N-methyl/N-ethyl adjacent to an activating group) is 1. The van der Waals surface area contributed by atoms with Crippen LogP contribution in [0.25, 0.3) is 0 Å². The fourth-order valence-electron chi connectivity index (χ4n) is 1.27. The molecule has 0 aliphatic rings. The van der Waals surface area contributed by atoms with Gasteiger partial charge in [-0.15, -0.1) is 0 Å². The topological polar surface area (TPSA) is 58.4 Å². The van der Waals surface area contributed by atoms with Gasteiger partial charge in [0.25, 0.3) is 5.91 Å². The first kappa shape index (κ1) is 11.5. The van der Waals surface area contributed by atoms with E-state index in [2.05, 4.69) is 10.2 Å². The lowest BCUT2D eigenvalue weighted by atomic mass is 10.1. The standard InChI is InChI=1S/C11H17N3O/c1-14(2)8-7-13-10-6-4-3-5-9(10)11(12)15/h3-6,13H,7-8H2,1-2H3,(H2,12,15). The zero-order chi connectivity index (χ0) is 11.3. The van der Waals surface area contributed by atoms with Gasteiger partial charge in [-0.1, -0.05) is 12.1 Å². The third-order valence-corrected chi connectivity index (χ3v) is 2.07. The van der Waals surface area contributed by atoms with E-state index in [1.54, 1.807) is 12.1 Å². The summed E-state index contributed by atoms with van der Waals surface area (Å²) in [7, 11) is 4.00. The number of carbonyl (C=O) groups is 1. The van der Waals surface area contributed by atoms with Gasteiger partial charge in [0, 0.05) is 18.8 Å². The Morgan fingerprint density at radius 2 is 2.07 bits per heavy atom. The van der Waals surface area contributed by atoms with Gasteiger partial charge in [-0.05, 0) is 26.2 Å². The van der Waals surface area contributed by atoms with Crippen molar-refractivity contribution in [2.24, 2.45) is 5.73 Å². The largest absolute Gasteiger partial charge is 0.383 e. The molecule has 0 heterocycles. The summed E-state index contributed by atoms with van der Waals surface area (Å²) in [5.74, 6) is -0.400. The van der Waals surface area contributed by atoms with Crippen LogP contribution in [0, 0.1) is 0 Å². The van der Waals surface area contributed by atoms with Gasteiger partial charge in [-0.3, -0.25) is 4.79 Å². The summed E-state index contributed by atoms with van der Waals surface area (Å²) in [6.45, 7) is 1.70. The number of rotatable bonds is 5. The number of primary amides is 1.